The Balaban J connectivity index is 2.90. The van der Waals surface area contributed by atoms with E-state index in [1.807, 2.05) is 22.6 Å². The molecular weight excluding hydrogens is 299 g/mol. The van der Waals surface area contributed by atoms with Gasteiger partial charge in [-0.2, -0.15) is 13.2 Å². The molecule has 13 heavy (non-hydrogen) atoms. The first-order chi connectivity index (χ1) is 5.88. The fourth-order valence-corrected chi connectivity index (χ4v) is 1.33. The third-order valence-corrected chi connectivity index (χ3v) is 2.08. The maximum atomic E-state index is 12.9. The van der Waals surface area contributed by atoms with Crippen LogP contribution in [-0.4, -0.2) is 6.18 Å². The Morgan fingerprint density at radius 2 is 1.85 bits per heavy atom. The Kier molecular flexibility index (Phi) is 3.15. The normalized spacial score (nSPS) is 11.8. The molecule has 0 radical (unpaired) electrons. The highest BCUT2D eigenvalue weighted by Gasteiger charge is 2.28. The number of benzene rings is 1. The molecule has 0 spiro atoms. The van der Waals surface area contributed by atoms with Crippen molar-refractivity contribution in [2.45, 2.75) is 12.6 Å². The molecule has 5 heteroatoms. The summed E-state index contributed by atoms with van der Waals surface area (Å²) in [7, 11) is 0. The molecule has 0 atom stereocenters. The molecule has 0 fully saturated rings. The predicted molar refractivity (Wildman–Crippen MR) is 48.9 cm³/mol. The second-order valence-electron chi connectivity index (χ2n) is 2.53. The maximum absolute atomic E-state index is 12.9. The Morgan fingerprint density at radius 3 is 2.31 bits per heavy atom. The van der Waals surface area contributed by atoms with E-state index in [-0.39, 0.29) is 5.56 Å². The van der Waals surface area contributed by atoms with Gasteiger partial charge in [0.25, 0.3) is 0 Å². The minimum Gasteiger partial charge on any atom is -0.207 e. The van der Waals surface area contributed by atoms with Gasteiger partial charge in [-0.3, -0.25) is 0 Å². The van der Waals surface area contributed by atoms with Crippen LogP contribution < -0.4 is 0 Å². The first-order valence-corrected chi connectivity index (χ1v) is 4.47. The molecule has 1 rings (SSSR count). The summed E-state index contributed by atoms with van der Waals surface area (Å²) >= 11 is 1.84. The van der Waals surface area contributed by atoms with E-state index >= 15 is 0 Å². The smallest absolute Gasteiger partial charge is 0.207 e. The average molecular weight is 304 g/mol. The van der Waals surface area contributed by atoms with Crippen LogP contribution in [0.3, 0.4) is 0 Å². The van der Waals surface area contributed by atoms with Crippen LogP contribution >= 0.6 is 22.6 Å². The third kappa shape index (κ3) is 3.50. The van der Waals surface area contributed by atoms with Crippen molar-refractivity contribution in [3.8, 4) is 0 Å². The minimum atomic E-state index is -4.35. The van der Waals surface area contributed by atoms with E-state index in [1.165, 1.54) is 6.07 Å². The van der Waals surface area contributed by atoms with Crippen LogP contribution in [0.5, 0.6) is 0 Å². The fraction of sp³-hybridized carbons (Fsp3) is 0.250. The van der Waals surface area contributed by atoms with Gasteiger partial charge in [-0.05, 0) is 40.3 Å². The highest BCUT2D eigenvalue weighted by Crippen LogP contribution is 2.23. The van der Waals surface area contributed by atoms with Gasteiger partial charge in [0, 0.05) is 3.57 Å². The topological polar surface area (TPSA) is 0 Å². The van der Waals surface area contributed by atoms with E-state index in [2.05, 4.69) is 0 Å². The summed E-state index contributed by atoms with van der Waals surface area (Å²) in [6.45, 7) is 0. The Bertz CT molecular complexity index is 306. The van der Waals surface area contributed by atoms with E-state index in [4.69, 9.17) is 0 Å². The van der Waals surface area contributed by atoms with Gasteiger partial charge in [-0.1, -0.05) is 6.07 Å². The van der Waals surface area contributed by atoms with Crippen molar-refractivity contribution in [2.24, 2.45) is 0 Å². The summed E-state index contributed by atoms with van der Waals surface area (Å²) in [4.78, 5) is 0. The van der Waals surface area contributed by atoms with Crippen molar-refractivity contribution in [2.75, 3.05) is 0 Å². The molecule has 0 saturated carbocycles. The summed E-state index contributed by atoms with van der Waals surface area (Å²) in [5, 5.41) is 0. The van der Waals surface area contributed by atoms with Crippen molar-refractivity contribution in [3.63, 3.8) is 0 Å². The zero-order chi connectivity index (χ0) is 10.1. The lowest BCUT2D eigenvalue weighted by molar-refractivity contribution is -0.127. The van der Waals surface area contributed by atoms with Gasteiger partial charge in [0.05, 0.1) is 6.42 Å². The predicted octanol–water partition coefficient (Wildman–Crippen LogP) is 3.54. The Hall–Kier alpha value is -0.330. The van der Waals surface area contributed by atoms with E-state index in [0.29, 0.717) is 3.57 Å². The minimum absolute atomic E-state index is 0.312. The third-order valence-electron chi connectivity index (χ3n) is 1.41. The van der Waals surface area contributed by atoms with Gasteiger partial charge >= 0.3 is 6.18 Å². The molecule has 0 aromatic heterocycles. The van der Waals surface area contributed by atoms with Crippen LogP contribution in [0.15, 0.2) is 18.2 Å². The molecule has 0 aliphatic carbocycles. The Morgan fingerprint density at radius 1 is 1.23 bits per heavy atom. The molecule has 0 amide bonds. The van der Waals surface area contributed by atoms with Gasteiger partial charge in [0.1, 0.15) is 5.82 Å². The van der Waals surface area contributed by atoms with Gasteiger partial charge < -0.3 is 0 Å². The van der Waals surface area contributed by atoms with Crippen LogP contribution in [0.25, 0.3) is 0 Å². The van der Waals surface area contributed by atoms with Crippen LogP contribution in [0.1, 0.15) is 5.56 Å². The van der Waals surface area contributed by atoms with Crippen LogP contribution in [0, 0.1) is 9.39 Å². The molecule has 0 nitrogen and oxygen atoms in total. The summed E-state index contributed by atoms with van der Waals surface area (Å²) in [6, 6.07) is 3.69. The SMILES string of the molecule is Fc1cc(I)ccc1CC(F)(F)F. The van der Waals surface area contributed by atoms with E-state index in [9.17, 15) is 17.6 Å². The molecule has 0 aliphatic heterocycles. The fourth-order valence-electron chi connectivity index (χ4n) is 0.881. The van der Waals surface area contributed by atoms with Crippen molar-refractivity contribution in [1.82, 2.24) is 0 Å². The van der Waals surface area contributed by atoms with Gasteiger partial charge in [0.15, 0.2) is 0 Å². The lowest BCUT2D eigenvalue weighted by atomic mass is 10.1. The number of hydrogen-bond donors (Lipinski definition) is 0. The summed E-state index contributed by atoms with van der Waals surface area (Å²) in [6.07, 6.45) is -5.57. The van der Waals surface area contributed by atoms with Crippen molar-refractivity contribution >= 4 is 22.6 Å². The summed E-state index contributed by atoms with van der Waals surface area (Å²) < 4.78 is 49.0. The number of alkyl halides is 3. The molecule has 0 aliphatic rings. The lowest BCUT2D eigenvalue weighted by Gasteiger charge is -2.07. The van der Waals surface area contributed by atoms with E-state index < -0.39 is 18.4 Å². The van der Waals surface area contributed by atoms with Crippen molar-refractivity contribution < 1.29 is 17.6 Å². The second kappa shape index (κ2) is 3.81. The lowest BCUT2D eigenvalue weighted by Crippen LogP contribution is -2.12. The highest BCUT2D eigenvalue weighted by atomic mass is 127. The average Bonchev–Trinajstić information content (AvgIpc) is 1.93. The Labute approximate surface area is 86.1 Å². The number of hydrogen-bond acceptors (Lipinski definition) is 0. The van der Waals surface area contributed by atoms with E-state index in [1.54, 1.807) is 0 Å². The monoisotopic (exact) mass is 304 g/mol. The molecular formula is C8H5F4I. The molecule has 0 unspecified atom stereocenters. The number of halogens is 5. The first kappa shape index (κ1) is 10.7. The van der Waals surface area contributed by atoms with Gasteiger partial charge in [0.2, 0.25) is 0 Å². The molecule has 1 aromatic rings. The first-order valence-electron chi connectivity index (χ1n) is 3.39. The molecule has 0 saturated heterocycles. The molecule has 1 aromatic carbocycles. The zero-order valence-corrected chi connectivity index (χ0v) is 8.49. The van der Waals surface area contributed by atoms with Crippen LogP contribution in [0.4, 0.5) is 17.6 Å². The molecule has 0 bridgehead atoms. The quantitative estimate of drug-likeness (QED) is 0.550. The maximum Gasteiger partial charge on any atom is 0.393 e. The molecule has 0 heterocycles. The highest BCUT2D eigenvalue weighted by molar-refractivity contribution is 14.1. The van der Waals surface area contributed by atoms with Crippen molar-refractivity contribution in [3.05, 3.63) is 33.1 Å². The molecule has 72 valence electrons. The zero-order valence-electron chi connectivity index (χ0n) is 6.33. The van der Waals surface area contributed by atoms with Gasteiger partial charge in [-0.25, -0.2) is 4.39 Å². The van der Waals surface area contributed by atoms with Crippen LogP contribution in [0.2, 0.25) is 0 Å². The largest absolute Gasteiger partial charge is 0.393 e. The van der Waals surface area contributed by atoms with E-state index in [0.717, 1.165) is 12.1 Å². The van der Waals surface area contributed by atoms with Gasteiger partial charge in [-0.15, -0.1) is 0 Å². The summed E-state index contributed by atoms with van der Waals surface area (Å²) in [5.74, 6) is -0.802. The number of rotatable bonds is 1. The summed E-state index contributed by atoms with van der Waals surface area (Å²) in [5.41, 5.74) is -0.312. The standard InChI is InChI=1S/C8H5F4I/c9-7-3-6(13)2-1-5(7)4-8(10,11)12/h1-3H,4H2. The van der Waals surface area contributed by atoms with Crippen molar-refractivity contribution in [1.29, 1.82) is 0 Å². The van der Waals surface area contributed by atoms with Crippen LogP contribution in [-0.2, 0) is 6.42 Å². The molecule has 0 N–H and O–H groups in total. The second-order valence-corrected chi connectivity index (χ2v) is 3.77.